The topological polar surface area (TPSA) is 57.7 Å². The van der Waals surface area contributed by atoms with Crippen LogP contribution in [0.2, 0.25) is 0 Å². The van der Waals surface area contributed by atoms with Gasteiger partial charge < -0.3 is 4.90 Å². The molecule has 0 unspecified atom stereocenters. The number of carbonyl (C=O) groups is 3. The molecule has 1 aromatic carbocycles. The number of alkyl halides is 3. The van der Waals surface area contributed by atoms with Crippen LogP contribution >= 0.6 is 0 Å². The molecule has 152 valence electrons. The van der Waals surface area contributed by atoms with E-state index in [9.17, 15) is 27.6 Å². The van der Waals surface area contributed by atoms with Gasteiger partial charge in [0.1, 0.15) is 0 Å². The molecule has 1 heterocycles. The molecular weight excluding hydrogens is 373 g/mol. The molecule has 5 nitrogen and oxygen atoms in total. The van der Waals surface area contributed by atoms with E-state index in [1.54, 1.807) is 13.8 Å². The number of benzene rings is 1. The standard InChI is InChI=1S/C20H23F3N2O3/c1-3-24(4-2)16(26)11-19(12-17(27)25(18(19)28)15-8-9-15)13-6-5-7-14(10-13)20(21,22)23/h5-7,10,15H,3-4,8-9,11-12H2,1-2H3/t19-/m0/s1. The van der Waals surface area contributed by atoms with Gasteiger partial charge in [0.25, 0.3) is 0 Å². The van der Waals surface area contributed by atoms with Crippen molar-refractivity contribution in [2.45, 2.75) is 57.2 Å². The van der Waals surface area contributed by atoms with Crippen LogP contribution in [0.3, 0.4) is 0 Å². The van der Waals surface area contributed by atoms with E-state index >= 15 is 0 Å². The Morgan fingerprint density at radius 2 is 1.86 bits per heavy atom. The highest BCUT2D eigenvalue weighted by atomic mass is 19.4. The summed E-state index contributed by atoms with van der Waals surface area (Å²) in [6.45, 7) is 4.41. The molecule has 1 aromatic rings. The van der Waals surface area contributed by atoms with E-state index in [2.05, 4.69) is 0 Å². The van der Waals surface area contributed by atoms with Gasteiger partial charge in [-0.3, -0.25) is 19.3 Å². The zero-order chi connectivity index (χ0) is 20.7. The summed E-state index contributed by atoms with van der Waals surface area (Å²) in [6.07, 6.45) is -3.79. The summed E-state index contributed by atoms with van der Waals surface area (Å²) in [5.41, 5.74) is -2.41. The number of carbonyl (C=O) groups excluding carboxylic acids is 3. The highest BCUT2D eigenvalue weighted by molar-refractivity contribution is 6.11. The van der Waals surface area contributed by atoms with Crippen LogP contribution in [0, 0.1) is 0 Å². The number of halogens is 3. The highest BCUT2D eigenvalue weighted by Crippen LogP contribution is 2.45. The van der Waals surface area contributed by atoms with Gasteiger partial charge in [-0.15, -0.1) is 0 Å². The molecule has 1 saturated carbocycles. The van der Waals surface area contributed by atoms with Gasteiger partial charge in [0.2, 0.25) is 17.7 Å². The second kappa shape index (κ2) is 7.22. The fourth-order valence-electron chi connectivity index (χ4n) is 3.87. The predicted octanol–water partition coefficient (Wildman–Crippen LogP) is 3.12. The first kappa shape index (κ1) is 20.4. The van der Waals surface area contributed by atoms with E-state index in [1.165, 1.54) is 17.0 Å². The molecule has 2 fully saturated rings. The van der Waals surface area contributed by atoms with E-state index in [-0.39, 0.29) is 30.4 Å². The minimum Gasteiger partial charge on any atom is -0.343 e. The molecule has 0 aromatic heterocycles. The number of hydrogen-bond acceptors (Lipinski definition) is 3. The molecule has 0 N–H and O–H groups in total. The fourth-order valence-corrected chi connectivity index (χ4v) is 3.87. The summed E-state index contributed by atoms with van der Waals surface area (Å²) in [5, 5.41) is 0. The van der Waals surface area contributed by atoms with Crippen molar-refractivity contribution in [3.05, 3.63) is 35.4 Å². The maximum absolute atomic E-state index is 13.3. The summed E-state index contributed by atoms with van der Waals surface area (Å²) in [5.74, 6) is -1.32. The van der Waals surface area contributed by atoms with Gasteiger partial charge in [0, 0.05) is 32.0 Å². The lowest BCUT2D eigenvalue weighted by molar-refractivity contribution is -0.143. The smallest absolute Gasteiger partial charge is 0.343 e. The Labute approximate surface area is 161 Å². The number of imide groups is 1. The molecule has 0 radical (unpaired) electrons. The van der Waals surface area contributed by atoms with Crippen molar-refractivity contribution >= 4 is 17.7 Å². The molecule has 1 saturated heterocycles. The Bertz CT molecular complexity index is 800. The lowest BCUT2D eigenvalue weighted by Crippen LogP contribution is -2.44. The Balaban J connectivity index is 2.07. The van der Waals surface area contributed by atoms with Crippen molar-refractivity contribution in [3.63, 3.8) is 0 Å². The number of nitrogens with zero attached hydrogens (tertiary/aromatic N) is 2. The zero-order valence-corrected chi connectivity index (χ0v) is 15.9. The Hall–Kier alpha value is -2.38. The van der Waals surface area contributed by atoms with E-state index in [0.29, 0.717) is 25.9 Å². The quantitative estimate of drug-likeness (QED) is 0.695. The SMILES string of the molecule is CCN(CC)C(=O)C[C@@]1(c2cccc(C(F)(F)F)c2)CC(=O)N(C2CC2)C1=O. The highest BCUT2D eigenvalue weighted by Gasteiger charge is 2.57. The van der Waals surface area contributed by atoms with E-state index in [1.807, 2.05) is 0 Å². The molecule has 2 aliphatic rings. The van der Waals surface area contributed by atoms with Crippen LogP contribution < -0.4 is 0 Å². The summed E-state index contributed by atoms with van der Waals surface area (Å²) < 4.78 is 39.7. The third kappa shape index (κ3) is 3.52. The van der Waals surface area contributed by atoms with Gasteiger partial charge >= 0.3 is 6.18 Å². The third-order valence-corrected chi connectivity index (χ3v) is 5.57. The van der Waals surface area contributed by atoms with Crippen molar-refractivity contribution in [1.29, 1.82) is 0 Å². The van der Waals surface area contributed by atoms with Crippen LogP contribution in [-0.2, 0) is 26.0 Å². The van der Waals surface area contributed by atoms with Crippen molar-refractivity contribution in [2.75, 3.05) is 13.1 Å². The number of likely N-dealkylation sites (tertiary alicyclic amines) is 1. The van der Waals surface area contributed by atoms with Gasteiger partial charge in [0.15, 0.2) is 0 Å². The van der Waals surface area contributed by atoms with Crippen molar-refractivity contribution in [3.8, 4) is 0 Å². The first-order chi connectivity index (χ1) is 13.1. The van der Waals surface area contributed by atoms with E-state index in [4.69, 9.17) is 0 Å². The summed E-state index contributed by atoms with van der Waals surface area (Å²) >= 11 is 0. The molecule has 3 rings (SSSR count). The third-order valence-electron chi connectivity index (χ3n) is 5.57. The number of amides is 3. The monoisotopic (exact) mass is 396 g/mol. The number of hydrogen-bond donors (Lipinski definition) is 0. The maximum atomic E-state index is 13.3. The minimum absolute atomic E-state index is 0.0735. The zero-order valence-electron chi connectivity index (χ0n) is 15.9. The van der Waals surface area contributed by atoms with Crippen LogP contribution in [0.1, 0.15) is 50.7 Å². The molecule has 1 aliphatic heterocycles. The molecule has 0 spiro atoms. The molecule has 28 heavy (non-hydrogen) atoms. The first-order valence-electron chi connectivity index (χ1n) is 9.46. The van der Waals surface area contributed by atoms with Gasteiger partial charge in [-0.1, -0.05) is 18.2 Å². The number of rotatable bonds is 6. The van der Waals surface area contributed by atoms with Crippen LogP contribution in [0.15, 0.2) is 24.3 Å². The summed E-state index contributed by atoms with van der Waals surface area (Å²) in [7, 11) is 0. The van der Waals surface area contributed by atoms with Crippen LogP contribution in [0.5, 0.6) is 0 Å². The van der Waals surface area contributed by atoms with Crippen LogP contribution in [-0.4, -0.2) is 46.7 Å². The molecule has 0 bridgehead atoms. The average molecular weight is 396 g/mol. The second-order valence-electron chi connectivity index (χ2n) is 7.38. The Kier molecular flexibility index (Phi) is 5.25. The Morgan fingerprint density at radius 1 is 1.21 bits per heavy atom. The van der Waals surface area contributed by atoms with Crippen LogP contribution in [0.4, 0.5) is 13.2 Å². The molecular formula is C20H23F3N2O3. The minimum atomic E-state index is -4.58. The van der Waals surface area contributed by atoms with Gasteiger partial charge in [-0.2, -0.15) is 13.2 Å². The first-order valence-corrected chi connectivity index (χ1v) is 9.46. The molecule has 8 heteroatoms. The van der Waals surface area contributed by atoms with Crippen LogP contribution in [0.25, 0.3) is 0 Å². The second-order valence-corrected chi connectivity index (χ2v) is 7.38. The lowest BCUT2D eigenvalue weighted by Gasteiger charge is -2.30. The average Bonchev–Trinajstić information content (AvgIpc) is 3.42. The largest absolute Gasteiger partial charge is 0.416 e. The van der Waals surface area contributed by atoms with Gasteiger partial charge in [-0.25, -0.2) is 0 Å². The van der Waals surface area contributed by atoms with E-state index < -0.39 is 29.0 Å². The molecule has 1 aliphatic carbocycles. The Morgan fingerprint density at radius 3 is 2.39 bits per heavy atom. The summed E-state index contributed by atoms with van der Waals surface area (Å²) in [6, 6.07) is 4.25. The van der Waals surface area contributed by atoms with Crippen molar-refractivity contribution in [2.24, 2.45) is 0 Å². The van der Waals surface area contributed by atoms with E-state index in [0.717, 1.165) is 17.0 Å². The predicted molar refractivity (Wildman–Crippen MR) is 95.2 cm³/mol. The summed E-state index contributed by atoms with van der Waals surface area (Å²) in [4.78, 5) is 41.3. The molecule has 1 atom stereocenters. The van der Waals surface area contributed by atoms with Gasteiger partial charge in [0.05, 0.1) is 11.0 Å². The van der Waals surface area contributed by atoms with Crippen molar-refractivity contribution < 1.29 is 27.6 Å². The van der Waals surface area contributed by atoms with Gasteiger partial charge in [-0.05, 0) is 38.3 Å². The normalized spacial score (nSPS) is 22.7. The molecule has 3 amide bonds. The lowest BCUT2D eigenvalue weighted by atomic mass is 9.75. The maximum Gasteiger partial charge on any atom is 0.416 e. The fraction of sp³-hybridized carbons (Fsp3) is 0.550. The van der Waals surface area contributed by atoms with Crippen molar-refractivity contribution in [1.82, 2.24) is 9.80 Å².